The van der Waals surface area contributed by atoms with Gasteiger partial charge in [-0.2, -0.15) is 5.10 Å². The van der Waals surface area contributed by atoms with Gasteiger partial charge in [0.25, 0.3) is 5.56 Å². The van der Waals surface area contributed by atoms with E-state index in [2.05, 4.69) is 15.4 Å². The Morgan fingerprint density at radius 3 is 2.55 bits per heavy atom. The molecule has 0 spiro atoms. The van der Waals surface area contributed by atoms with Crippen LogP contribution in [0.5, 0.6) is 11.5 Å². The van der Waals surface area contributed by atoms with Crippen molar-refractivity contribution in [2.75, 3.05) is 20.3 Å². The number of pyridine rings is 1. The Kier molecular flexibility index (Phi) is 6.33. The fourth-order valence-corrected chi connectivity index (χ4v) is 3.43. The third-order valence-corrected chi connectivity index (χ3v) is 5.09. The van der Waals surface area contributed by atoms with E-state index in [-0.39, 0.29) is 5.56 Å². The average molecular weight is 418 g/mol. The van der Waals surface area contributed by atoms with Gasteiger partial charge in [0.15, 0.2) is 0 Å². The number of methoxy groups -OCH3 is 1. The van der Waals surface area contributed by atoms with Crippen LogP contribution in [-0.4, -0.2) is 35.0 Å². The molecule has 0 unspecified atom stereocenters. The van der Waals surface area contributed by atoms with Crippen LogP contribution >= 0.6 is 0 Å². The molecular weight excluding hydrogens is 392 g/mol. The predicted molar refractivity (Wildman–Crippen MR) is 121 cm³/mol. The molecule has 160 valence electrons. The van der Waals surface area contributed by atoms with E-state index in [1.807, 2.05) is 67.6 Å². The summed E-state index contributed by atoms with van der Waals surface area (Å²) in [6.45, 7) is 3.78. The lowest BCUT2D eigenvalue weighted by Gasteiger charge is -2.08. The van der Waals surface area contributed by atoms with E-state index in [1.165, 1.54) is 0 Å². The average Bonchev–Trinajstić information content (AvgIpc) is 3.12. The first-order valence-corrected chi connectivity index (χ1v) is 10.3. The smallest absolute Gasteiger partial charge is 0.254 e. The summed E-state index contributed by atoms with van der Waals surface area (Å²) in [5.41, 5.74) is 3.10. The van der Waals surface area contributed by atoms with Gasteiger partial charge in [-0.25, -0.2) is 4.68 Å². The fraction of sp³-hybridized carbons (Fsp3) is 0.250. The maximum absolute atomic E-state index is 12.6. The van der Waals surface area contributed by atoms with Crippen molar-refractivity contribution in [1.82, 2.24) is 20.1 Å². The Morgan fingerprint density at radius 2 is 1.81 bits per heavy atom. The summed E-state index contributed by atoms with van der Waals surface area (Å²) < 4.78 is 12.6. The second-order valence-corrected chi connectivity index (χ2v) is 7.27. The van der Waals surface area contributed by atoms with Crippen molar-refractivity contribution >= 4 is 11.0 Å². The normalized spacial score (nSPS) is 11.0. The SMILES string of the molecule is COc1ccc(OCCCNCc2cc3c(C)nn(-c4ccccc4)c3[nH]c2=O)cc1. The predicted octanol–water partition coefficient (Wildman–Crippen LogP) is 3.59. The van der Waals surface area contributed by atoms with Crippen molar-refractivity contribution in [2.45, 2.75) is 19.9 Å². The molecule has 4 aromatic rings. The monoisotopic (exact) mass is 418 g/mol. The first-order valence-electron chi connectivity index (χ1n) is 10.3. The number of fused-ring (bicyclic) bond motifs is 1. The zero-order valence-electron chi connectivity index (χ0n) is 17.7. The van der Waals surface area contributed by atoms with E-state index in [0.29, 0.717) is 24.4 Å². The number of benzene rings is 2. The van der Waals surface area contributed by atoms with Gasteiger partial charge in [-0.05, 0) is 62.4 Å². The van der Waals surface area contributed by atoms with Gasteiger partial charge in [0.1, 0.15) is 17.1 Å². The van der Waals surface area contributed by atoms with Crippen molar-refractivity contribution in [3.63, 3.8) is 0 Å². The molecule has 0 bridgehead atoms. The molecule has 0 radical (unpaired) electrons. The number of aromatic nitrogens is 3. The minimum absolute atomic E-state index is 0.105. The number of H-pyrrole nitrogens is 1. The number of hydrogen-bond acceptors (Lipinski definition) is 5. The number of aromatic amines is 1. The molecule has 2 heterocycles. The molecule has 7 heteroatoms. The van der Waals surface area contributed by atoms with Crippen LogP contribution in [0.2, 0.25) is 0 Å². The summed E-state index contributed by atoms with van der Waals surface area (Å²) in [6.07, 6.45) is 0.831. The van der Waals surface area contributed by atoms with Crippen LogP contribution in [0, 0.1) is 6.92 Å². The Balaban J connectivity index is 1.34. The zero-order chi connectivity index (χ0) is 21.6. The molecule has 7 nitrogen and oxygen atoms in total. The lowest BCUT2D eigenvalue weighted by atomic mass is 10.2. The summed E-state index contributed by atoms with van der Waals surface area (Å²) in [7, 11) is 1.64. The second-order valence-electron chi connectivity index (χ2n) is 7.27. The Labute approximate surface area is 180 Å². The topological polar surface area (TPSA) is 81.2 Å². The van der Waals surface area contributed by atoms with E-state index >= 15 is 0 Å². The molecule has 0 amide bonds. The van der Waals surface area contributed by atoms with Gasteiger partial charge < -0.3 is 19.8 Å². The van der Waals surface area contributed by atoms with Crippen molar-refractivity contribution in [2.24, 2.45) is 0 Å². The molecule has 0 aliphatic rings. The van der Waals surface area contributed by atoms with Crippen LogP contribution in [0.25, 0.3) is 16.7 Å². The molecule has 0 aliphatic heterocycles. The van der Waals surface area contributed by atoms with E-state index in [1.54, 1.807) is 11.8 Å². The summed E-state index contributed by atoms with van der Waals surface area (Å²) in [5, 5.41) is 8.87. The number of hydrogen-bond donors (Lipinski definition) is 2. The van der Waals surface area contributed by atoms with Gasteiger partial charge in [0, 0.05) is 17.5 Å². The number of para-hydroxylation sites is 1. The Morgan fingerprint density at radius 1 is 1.06 bits per heavy atom. The molecule has 0 saturated carbocycles. The maximum atomic E-state index is 12.6. The molecule has 2 aromatic carbocycles. The number of nitrogens with one attached hydrogen (secondary N) is 2. The lowest BCUT2D eigenvalue weighted by molar-refractivity contribution is 0.307. The molecule has 4 rings (SSSR count). The molecule has 2 N–H and O–H groups in total. The molecule has 0 atom stereocenters. The molecule has 2 aromatic heterocycles. The van der Waals surface area contributed by atoms with Crippen LogP contribution in [-0.2, 0) is 6.54 Å². The first-order chi connectivity index (χ1) is 15.2. The van der Waals surface area contributed by atoms with Crippen molar-refractivity contribution in [3.8, 4) is 17.2 Å². The number of ether oxygens (including phenoxy) is 2. The molecule has 0 fully saturated rings. The van der Waals surface area contributed by atoms with Crippen molar-refractivity contribution < 1.29 is 9.47 Å². The van der Waals surface area contributed by atoms with E-state index in [0.717, 1.165) is 41.2 Å². The quantitative estimate of drug-likeness (QED) is 0.406. The van der Waals surface area contributed by atoms with Crippen molar-refractivity contribution in [3.05, 3.63) is 82.3 Å². The largest absolute Gasteiger partial charge is 0.497 e. The molecule has 0 saturated heterocycles. The van der Waals surface area contributed by atoms with Crippen LogP contribution < -0.4 is 20.3 Å². The first kappa shape index (κ1) is 20.7. The van der Waals surface area contributed by atoms with Gasteiger partial charge in [0.05, 0.1) is 25.1 Å². The Hall–Kier alpha value is -3.58. The number of aryl methyl sites for hydroxylation is 1. The van der Waals surface area contributed by atoms with Crippen LogP contribution in [0.3, 0.4) is 0 Å². The number of rotatable bonds is 9. The van der Waals surface area contributed by atoms with E-state index < -0.39 is 0 Å². The van der Waals surface area contributed by atoms with Gasteiger partial charge in [0.2, 0.25) is 0 Å². The van der Waals surface area contributed by atoms with Crippen LogP contribution in [0.15, 0.2) is 65.5 Å². The highest BCUT2D eigenvalue weighted by atomic mass is 16.5. The third kappa shape index (κ3) is 4.78. The third-order valence-electron chi connectivity index (χ3n) is 5.09. The highest BCUT2D eigenvalue weighted by Crippen LogP contribution is 2.20. The van der Waals surface area contributed by atoms with Crippen LogP contribution in [0.1, 0.15) is 17.7 Å². The van der Waals surface area contributed by atoms with Crippen LogP contribution in [0.4, 0.5) is 0 Å². The minimum Gasteiger partial charge on any atom is -0.497 e. The standard InChI is InChI=1S/C24H26N4O3/c1-17-22-15-18(16-25-13-6-14-31-21-11-9-20(30-2)10-12-21)24(29)26-23(22)28(27-17)19-7-4-3-5-8-19/h3-5,7-12,15,25H,6,13-14,16H2,1-2H3,(H,26,29). The molecule has 31 heavy (non-hydrogen) atoms. The lowest BCUT2D eigenvalue weighted by Crippen LogP contribution is -2.23. The summed E-state index contributed by atoms with van der Waals surface area (Å²) in [4.78, 5) is 15.6. The fourth-order valence-electron chi connectivity index (χ4n) is 3.43. The van der Waals surface area contributed by atoms with Gasteiger partial charge in [-0.3, -0.25) is 4.79 Å². The summed E-state index contributed by atoms with van der Waals surface area (Å²) in [5.74, 6) is 1.62. The van der Waals surface area contributed by atoms with E-state index in [4.69, 9.17) is 9.47 Å². The molecular formula is C24H26N4O3. The summed E-state index contributed by atoms with van der Waals surface area (Å²) in [6, 6.07) is 19.2. The van der Waals surface area contributed by atoms with Gasteiger partial charge >= 0.3 is 0 Å². The number of nitrogens with zero attached hydrogens (tertiary/aromatic N) is 2. The zero-order valence-corrected chi connectivity index (χ0v) is 17.7. The van der Waals surface area contributed by atoms with E-state index in [9.17, 15) is 4.79 Å². The van der Waals surface area contributed by atoms with Gasteiger partial charge in [-0.15, -0.1) is 0 Å². The Bertz CT molecular complexity index is 1200. The highest BCUT2D eigenvalue weighted by Gasteiger charge is 2.12. The maximum Gasteiger partial charge on any atom is 0.254 e. The van der Waals surface area contributed by atoms with Gasteiger partial charge in [-0.1, -0.05) is 18.2 Å². The highest BCUT2D eigenvalue weighted by molar-refractivity contribution is 5.80. The summed E-state index contributed by atoms with van der Waals surface area (Å²) >= 11 is 0. The second kappa shape index (κ2) is 9.49. The minimum atomic E-state index is -0.105. The molecule has 0 aliphatic carbocycles. The van der Waals surface area contributed by atoms with Crippen molar-refractivity contribution in [1.29, 1.82) is 0 Å².